The van der Waals surface area contributed by atoms with Gasteiger partial charge in [0.15, 0.2) is 0 Å². The summed E-state index contributed by atoms with van der Waals surface area (Å²) in [6.07, 6.45) is 1.08. The molecule has 0 atom stereocenters. The van der Waals surface area contributed by atoms with E-state index in [1.165, 1.54) is 5.81 Å². The maximum atomic E-state index is 12.5. The van der Waals surface area contributed by atoms with Gasteiger partial charge in [0.05, 0.1) is 0 Å². The molecule has 0 N–H and O–H groups in total. The predicted octanol–water partition coefficient (Wildman–Crippen LogP) is 2.48. The summed E-state index contributed by atoms with van der Waals surface area (Å²) in [5.74, 6) is 2.24. The van der Waals surface area contributed by atoms with E-state index in [0.717, 1.165) is 12.1 Å². The Morgan fingerprint density at radius 2 is 2.38 bits per heavy atom. The number of rotatable bonds is 0. The van der Waals surface area contributed by atoms with E-state index >= 15 is 0 Å². The molecule has 1 heterocycles. The maximum absolute atomic E-state index is 12.5. The monoisotopic (exact) mass is 153 g/mol. The third-order valence-corrected chi connectivity index (χ3v) is 3.02. The van der Waals surface area contributed by atoms with Crippen molar-refractivity contribution in [3.8, 4) is 5.81 Å². The molecule has 1 aliphatic rings. The first-order valence-corrected chi connectivity index (χ1v) is 4.81. The van der Waals surface area contributed by atoms with Gasteiger partial charge >= 0.3 is 49.6 Å². The van der Waals surface area contributed by atoms with Crippen LogP contribution in [0.5, 0.6) is 0 Å². The quantitative estimate of drug-likeness (QED) is 0.501. The van der Waals surface area contributed by atoms with E-state index in [1.807, 2.05) is 0 Å². The molecule has 0 fully saturated rings. The fraction of sp³-hybridized carbons (Fsp3) is 0. The van der Waals surface area contributed by atoms with E-state index in [9.17, 15) is 4.20 Å². The van der Waals surface area contributed by atoms with E-state index < -0.39 is 6.49 Å². The number of halogens is 2. The Morgan fingerprint density at radius 3 is 2.38 bits per heavy atom. The number of nitrogens with zero attached hydrogens (tertiary/aromatic N) is 1. The van der Waals surface area contributed by atoms with E-state index in [4.69, 9.17) is 16.5 Å². The molecular weight excluding hydrogens is 151 g/mol. The molecule has 0 aliphatic carbocycles. The van der Waals surface area contributed by atoms with Gasteiger partial charge in [-0.05, 0) is 0 Å². The Bertz CT molecular complexity index is 196. The van der Waals surface area contributed by atoms with Gasteiger partial charge in [0.1, 0.15) is 0 Å². The van der Waals surface area contributed by atoms with Crippen LogP contribution < -0.4 is 0 Å². The van der Waals surface area contributed by atoms with Crippen molar-refractivity contribution in [3.05, 3.63) is 12.1 Å². The second kappa shape index (κ2) is 1.15. The summed E-state index contributed by atoms with van der Waals surface area (Å²) >= 11 is 5.04. The second-order valence-electron chi connectivity index (χ2n) is 1.38. The van der Waals surface area contributed by atoms with Gasteiger partial charge in [0.25, 0.3) is 0 Å². The minimum absolute atomic E-state index is 0.965. The molecule has 0 spiro atoms. The Labute approximate surface area is 50.4 Å². The molecular formula is C3H2ClFNOP. The van der Waals surface area contributed by atoms with Crippen LogP contribution in [0, 0.1) is 11.1 Å². The van der Waals surface area contributed by atoms with Crippen molar-refractivity contribution < 1.29 is 8.72 Å². The molecule has 1 rings (SSSR count). The van der Waals surface area contributed by atoms with Crippen molar-refractivity contribution in [1.82, 2.24) is 0 Å². The predicted molar refractivity (Wildman–Crippen MR) is 29.7 cm³/mol. The van der Waals surface area contributed by atoms with Crippen molar-refractivity contribution in [2.45, 2.75) is 0 Å². The van der Waals surface area contributed by atoms with Crippen LogP contribution in [0.25, 0.3) is 0 Å². The molecule has 5 heteroatoms. The fourth-order valence-corrected chi connectivity index (χ4v) is 1.09. The molecule has 0 unspecified atom stereocenters. The molecule has 44 valence electrons. The normalized spacial score (nSPS) is 32.4. The van der Waals surface area contributed by atoms with Crippen LogP contribution in [-0.4, -0.2) is 0 Å². The van der Waals surface area contributed by atoms with Crippen LogP contribution in [0.4, 0.5) is 4.20 Å². The third-order valence-electron chi connectivity index (χ3n) is 0.737. The van der Waals surface area contributed by atoms with Crippen LogP contribution in [0.2, 0.25) is 0 Å². The fourth-order valence-electron chi connectivity index (χ4n) is 0.271. The summed E-state index contributed by atoms with van der Waals surface area (Å²) in [4.78, 5) is 0. The zero-order valence-corrected chi connectivity index (χ0v) is 5.36. The Morgan fingerprint density at radius 1 is 1.88 bits per heavy atom. The van der Waals surface area contributed by atoms with Crippen molar-refractivity contribution >= 4 is 17.7 Å². The van der Waals surface area contributed by atoms with Crippen LogP contribution in [0.15, 0.2) is 12.1 Å². The summed E-state index contributed by atoms with van der Waals surface area (Å²) in [6.45, 7) is -4.32. The van der Waals surface area contributed by atoms with Crippen molar-refractivity contribution in [3.63, 3.8) is 0 Å². The molecule has 0 amide bonds. The number of hydrogen-bond acceptors (Lipinski definition) is 2. The topological polar surface area (TPSA) is 33.0 Å². The van der Waals surface area contributed by atoms with Gasteiger partial charge in [0, 0.05) is 0 Å². The van der Waals surface area contributed by atoms with Crippen molar-refractivity contribution in [1.29, 1.82) is 5.26 Å². The summed E-state index contributed by atoms with van der Waals surface area (Å²) in [5, 5.41) is 8.03. The van der Waals surface area contributed by atoms with Crippen LogP contribution in [0.1, 0.15) is 0 Å². The molecule has 0 aromatic rings. The molecule has 0 saturated heterocycles. The summed E-state index contributed by atoms with van der Waals surface area (Å²) in [7, 11) is 0. The van der Waals surface area contributed by atoms with Gasteiger partial charge in [-0.15, -0.1) is 0 Å². The van der Waals surface area contributed by atoms with Crippen LogP contribution in [-0.2, 0) is 4.52 Å². The number of nitriles is 1. The third kappa shape index (κ3) is 0.665. The molecule has 0 aromatic heterocycles. The average Bonchev–Trinajstić information content (AvgIpc) is 1.64. The molecule has 2 nitrogen and oxygen atoms in total. The zero-order valence-electron chi connectivity index (χ0n) is 3.71. The Balaban J connectivity index is 2.98. The molecule has 0 aromatic carbocycles. The minimum atomic E-state index is -4.32. The van der Waals surface area contributed by atoms with Crippen molar-refractivity contribution in [2.24, 2.45) is 0 Å². The SMILES string of the molecule is N#CP1(F)(Cl)C=CO1. The van der Waals surface area contributed by atoms with Gasteiger partial charge in [0.2, 0.25) is 0 Å². The second-order valence-corrected chi connectivity index (χ2v) is 5.77. The van der Waals surface area contributed by atoms with Crippen LogP contribution >= 0.6 is 17.7 Å². The molecule has 0 saturated carbocycles. The van der Waals surface area contributed by atoms with Gasteiger partial charge in [-0.2, -0.15) is 0 Å². The standard InChI is InChI=1S/C3H2ClFNOP/c4-8(5,3-6)2-1-7-8/h1-2H. The van der Waals surface area contributed by atoms with Gasteiger partial charge in [-0.3, -0.25) is 0 Å². The average molecular weight is 153 g/mol. The molecule has 8 heavy (non-hydrogen) atoms. The summed E-state index contributed by atoms with van der Waals surface area (Å²) in [6, 6.07) is 0. The first-order valence-electron chi connectivity index (χ1n) is 1.80. The van der Waals surface area contributed by atoms with Crippen molar-refractivity contribution in [2.75, 3.05) is 0 Å². The van der Waals surface area contributed by atoms with Crippen LogP contribution in [0.3, 0.4) is 0 Å². The Hall–Kier alpha value is -0.320. The Kier molecular flexibility index (Phi) is 0.836. The summed E-state index contributed by atoms with van der Waals surface area (Å²) in [5.41, 5.74) is 0. The molecule has 1 aliphatic heterocycles. The molecule has 0 bridgehead atoms. The number of hydrogen-bond donors (Lipinski definition) is 0. The molecule has 0 radical (unpaired) electrons. The first-order chi connectivity index (χ1) is 3.55. The van der Waals surface area contributed by atoms with E-state index in [2.05, 4.69) is 4.52 Å². The van der Waals surface area contributed by atoms with Gasteiger partial charge in [-0.1, -0.05) is 0 Å². The summed E-state index contributed by atoms with van der Waals surface area (Å²) < 4.78 is 16.7. The zero-order chi connectivity index (χ0) is 6.28. The van der Waals surface area contributed by atoms with Gasteiger partial charge < -0.3 is 0 Å². The van der Waals surface area contributed by atoms with E-state index in [0.29, 0.717) is 0 Å². The van der Waals surface area contributed by atoms with Gasteiger partial charge in [-0.25, -0.2) is 0 Å². The first kappa shape index (κ1) is 5.81. The van der Waals surface area contributed by atoms with E-state index in [-0.39, 0.29) is 0 Å². The van der Waals surface area contributed by atoms with E-state index in [1.54, 1.807) is 0 Å².